The average molecular weight is 310 g/mol. The lowest BCUT2D eigenvalue weighted by molar-refractivity contribution is -0.130. The van der Waals surface area contributed by atoms with Crippen molar-refractivity contribution in [1.29, 1.82) is 0 Å². The Bertz CT molecular complexity index is 496. The number of hydrogen-bond acceptors (Lipinski definition) is 3. The molecule has 0 aliphatic carbocycles. The smallest absolute Gasteiger partial charge is 0.236 e. The molecule has 2 rings (SSSR count). The van der Waals surface area contributed by atoms with Crippen LogP contribution in [0.2, 0.25) is 5.02 Å². The third-order valence-corrected chi connectivity index (χ3v) is 4.26. The highest BCUT2D eigenvalue weighted by Gasteiger charge is 2.21. The summed E-state index contributed by atoms with van der Waals surface area (Å²) in [6.07, 6.45) is 2.07. The summed E-state index contributed by atoms with van der Waals surface area (Å²) in [5.74, 6) is 0.170. The number of aryl methyl sites for hydroxylation is 1. The normalized spacial score (nSPS) is 16.8. The largest absolute Gasteiger partial charge is 0.381 e. The van der Waals surface area contributed by atoms with Gasteiger partial charge in [0.2, 0.25) is 5.91 Å². The molecule has 21 heavy (non-hydrogen) atoms. The van der Waals surface area contributed by atoms with Crippen LogP contribution in [0.4, 0.5) is 5.69 Å². The Labute approximate surface area is 132 Å². The molecule has 1 aliphatic rings. The number of anilines is 1. The van der Waals surface area contributed by atoms with E-state index in [1.807, 2.05) is 12.1 Å². The van der Waals surface area contributed by atoms with Gasteiger partial charge in [0, 0.05) is 33.2 Å². The Morgan fingerprint density at radius 1 is 1.38 bits per heavy atom. The highest BCUT2D eigenvalue weighted by Crippen LogP contribution is 2.25. The van der Waals surface area contributed by atoms with Crippen molar-refractivity contribution in [3.05, 3.63) is 28.8 Å². The van der Waals surface area contributed by atoms with Crippen molar-refractivity contribution in [3.63, 3.8) is 0 Å². The molecule has 1 aromatic rings. The van der Waals surface area contributed by atoms with Crippen LogP contribution in [0.15, 0.2) is 18.2 Å². The number of piperidine rings is 1. The van der Waals surface area contributed by atoms with Gasteiger partial charge in [-0.1, -0.05) is 17.7 Å². The standard InChI is InChI=1S/C16H24ClN3O/c1-12-4-5-14(17)15(10-12)18-13-6-8-20(9-7-13)11-16(21)19(2)3/h4-5,10,13,18H,6-9,11H2,1-3H3. The highest BCUT2D eigenvalue weighted by atomic mass is 35.5. The molecule has 4 nitrogen and oxygen atoms in total. The first-order valence-electron chi connectivity index (χ1n) is 7.41. The quantitative estimate of drug-likeness (QED) is 0.928. The maximum absolute atomic E-state index is 11.7. The Morgan fingerprint density at radius 3 is 2.67 bits per heavy atom. The number of hydrogen-bond donors (Lipinski definition) is 1. The Balaban J connectivity index is 1.84. The number of amides is 1. The molecule has 0 atom stereocenters. The minimum Gasteiger partial charge on any atom is -0.381 e. The van der Waals surface area contributed by atoms with Crippen LogP contribution in [-0.2, 0) is 4.79 Å². The van der Waals surface area contributed by atoms with Crippen molar-refractivity contribution < 1.29 is 4.79 Å². The number of halogens is 1. The zero-order valence-corrected chi connectivity index (χ0v) is 13.8. The van der Waals surface area contributed by atoms with Crippen LogP contribution in [0.1, 0.15) is 18.4 Å². The molecule has 0 saturated carbocycles. The third-order valence-electron chi connectivity index (χ3n) is 3.93. The first kappa shape index (κ1) is 16.1. The fraction of sp³-hybridized carbons (Fsp3) is 0.562. The molecule has 0 bridgehead atoms. The fourth-order valence-corrected chi connectivity index (χ4v) is 2.71. The maximum Gasteiger partial charge on any atom is 0.236 e. The first-order chi connectivity index (χ1) is 9.95. The monoisotopic (exact) mass is 309 g/mol. The van der Waals surface area contributed by atoms with Crippen LogP contribution in [0.3, 0.4) is 0 Å². The lowest BCUT2D eigenvalue weighted by Gasteiger charge is -2.33. The molecule has 1 aromatic carbocycles. The lowest BCUT2D eigenvalue weighted by Crippen LogP contribution is -2.43. The number of likely N-dealkylation sites (N-methyl/N-ethyl adjacent to an activating group) is 1. The molecule has 1 fully saturated rings. The molecule has 5 heteroatoms. The van der Waals surface area contributed by atoms with Gasteiger partial charge in [0.15, 0.2) is 0 Å². The summed E-state index contributed by atoms with van der Waals surface area (Å²) in [6.45, 7) is 4.48. The van der Waals surface area contributed by atoms with Gasteiger partial charge in [-0.05, 0) is 37.5 Å². The second kappa shape index (κ2) is 7.14. The molecule has 1 saturated heterocycles. The van der Waals surface area contributed by atoms with Gasteiger partial charge in [0.1, 0.15) is 0 Å². The Hall–Kier alpha value is -1.26. The van der Waals surface area contributed by atoms with E-state index in [2.05, 4.69) is 23.2 Å². The summed E-state index contributed by atoms with van der Waals surface area (Å²) in [5.41, 5.74) is 2.22. The van der Waals surface area contributed by atoms with Crippen LogP contribution in [-0.4, -0.2) is 55.5 Å². The van der Waals surface area contributed by atoms with E-state index in [-0.39, 0.29) is 5.91 Å². The van der Waals surface area contributed by atoms with Gasteiger partial charge < -0.3 is 10.2 Å². The van der Waals surface area contributed by atoms with E-state index in [9.17, 15) is 4.79 Å². The van der Waals surface area contributed by atoms with Crippen LogP contribution >= 0.6 is 11.6 Å². The summed E-state index contributed by atoms with van der Waals surface area (Å²) in [5, 5.41) is 4.30. The summed E-state index contributed by atoms with van der Waals surface area (Å²) >= 11 is 6.22. The van der Waals surface area contributed by atoms with Crippen LogP contribution in [0.5, 0.6) is 0 Å². The molecular weight excluding hydrogens is 286 g/mol. The molecule has 1 heterocycles. The zero-order chi connectivity index (χ0) is 15.4. The fourth-order valence-electron chi connectivity index (χ4n) is 2.54. The van der Waals surface area contributed by atoms with Gasteiger partial charge >= 0.3 is 0 Å². The summed E-state index contributed by atoms with van der Waals surface area (Å²) in [7, 11) is 3.60. The van der Waals surface area contributed by atoms with Crippen molar-refractivity contribution in [2.75, 3.05) is 39.0 Å². The first-order valence-corrected chi connectivity index (χ1v) is 7.78. The van der Waals surface area contributed by atoms with Crippen molar-refractivity contribution in [2.45, 2.75) is 25.8 Å². The van der Waals surface area contributed by atoms with Crippen LogP contribution in [0, 0.1) is 6.92 Å². The SMILES string of the molecule is Cc1ccc(Cl)c(NC2CCN(CC(=O)N(C)C)CC2)c1. The minimum atomic E-state index is 0.170. The molecular formula is C16H24ClN3O. The van der Waals surface area contributed by atoms with Crippen molar-refractivity contribution >= 4 is 23.2 Å². The van der Waals surface area contributed by atoms with Crippen LogP contribution in [0.25, 0.3) is 0 Å². The molecule has 0 aromatic heterocycles. The Kier molecular flexibility index (Phi) is 5.48. The van der Waals surface area contributed by atoms with E-state index in [4.69, 9.17) is 11.6 Å². The third kappa shape index (κ3) is 4.61. The van der Waals surface area contributed by atoms with E-state index in [1.165, 1.54) is 5.56 Å². The predicted octanol–water partition coefficient (Wildman–Crippen LogP) is 2.61. The van der Waals surface area contributed by atoms with Gasteiger partial charge in [-0.3, -0.25) is 9.69 Å². The average Bonchev–Trinajstić information content (AvgIpc) is 2.45. The predicted molar refractivity (Wildman–Crippen MR) is 88.0 cm³/mol. The summed E-state index contributed by atoms with van der Waals surface area (Å²) in [6, 6.07) is 6.46. The number of carbonyl (C=O) groups is 1. The highest BCUT2D eigenvalue weighted by molar-refractivity contribution is 6.33. The summed E-state index contributed by atoms with van der Waals surface area (Å²) in [4.78, 5) is 15.6. The lowest BCUT2D eigenvalue weighted by atomic mass is 10.0. The van der Waals surface area contributed by atoms with Gasteiger partial charge in [-0.2, -0.15) is 0 Å². The molecule has 1 aliphatic heterocycles. The number of nitrogens with zero attached hydrogens (tertiary/aromatic N) is 2. The van der Waals surface area contributed by atoms with Gasteiger partial charge in [0.25, 0.3) is 0 Å². The second-order valence-corrected chi connectivity index (χ2v) is 6.37. The number of benzene rings is 1. The van der Waals surface area contributed by atoms with E-state index in [1.54, 1.807) is 19.0 Å². The molecule has 116 valence electrons. The molecule has 1 N–H and O–H groups in total. The second-order valence-electron chi connectivity index (χ2n) is 5.97. The Morgan fingerprint density at radius 2 is 2.05 bits per heavy atom. The zero-order valence-electron chi connectivity index (χ0n) is 13.0. The van der Waals surface area contributed by atoms with Crippen molar-refractivity contribution in [1.82, 2.24) is 9.80 Å². The molecule has 0 radical (unpaired) electrons. The van der Waals surface area contributed by atoms with E-state index in [0.29, 0.717) is 12.6 Å². The number of nitrogens with one attached hydrogen (secondary N) is 1. The van der Waals surface area contributed by atoms with Crippen molar-refractivity contribution in [2.24, 2.45) is 0 Å². The summed E-state index contributed by atoms with van der Waals surface area (Å²) < 4.78 is 0. The van der Waals surface area contributed by atoms with Gasteiger partial charge in [-0.15, -0.1) is 0 Å². The molecule has 0 spiro atoms. The number of rotatable bonds is 4. The topological polar surface area (TPSA) is 35.6 Å². The number of carbonyl (C=O) groups excluding carboxylic acids is 1. The van der Waals surface area contributed by atoms with Gasteiger partial charge in [0.05, 0.1) is 17.3 Å². The number of likely N-dealkylation sites (tertiary alicyclic amines) is 1. The van der Waals surface area contributed by atoms with Crippen LogP contribution < -0.4 is 5.32 Å². The van der Waals surface area contributed by atoms with Gasteiger partial charge in [-0.25, -0.2) is 0 Å². The minimum absolute atomic E-state index is 0.170. The molecule has 0 unspecified atom stereocenters. The van der Waals surface area contributed by atoms with E-state index < -0.39 is 0 Å². The van der Waals surface area contributed by atoms with Crippen molar-refractivity contribution in [3.8, 4) is 0 Å². The van der Waals surface area contributed by atoms with E-state index in [0.717, 1.165) is 36.6 Å². The van der Waals surface area contributed by atoms with E-state index >= 15 is 0 Å². The maximum atomic E-state index is 11.7. The molecule has 1 amide bonds.